The number of Topliss-reactive ketones (excluding diaryl/α,β-unsaturated/α-hetero) is 1. The zero-order chi connectivity index (χ0) is 28.9. The predicted octanol–water partition coefficient (Wildman–Crippen LogP) is 6.68. The van der Waals surface area contributed by atoms with Gasteiger partial charge in [-0.25, -0.2) is 0 Å². The summed E-state index contributed by atoms with van der Waals surface area (Å²) in [5, 5.41) is 8.19. The highest BCUT2D eigenvalue weighted by Crippen LogP contribution is 2.16. The normalized spacial score (nSPS) is 11.0. The number of carbonyl (C=O) groups is 3. The number of ketones is 1. The fourth-order valence-electron chi connectivity index (χ4n) is 3.71. The van der Waals surface area contributed by atoms with E-state index in [2.05, 4.69) is 29.7 Å². The molecule has 0 heterocycles. The van der Waals surface area contributed by atoms with E-state index in [9.17, 15) is 14.4 Å². The number of rotatable bonds is 12. The summed E-state index contributed by atoms with van der Waals surface area (Å²) in [6, 6.07) is 21.9. The molecule has 6 nitrogen and oxygen atoms in total. The van der Waals surface area contributed by atoms with Crippen LogP contribution in [0.15, 0.2) is 72.8 Å². The largest absolute Gasteiger partial charge is 0.388 e. The quantitative estimate of drug-likeness (QED) is 0.137. The summed E-state index contributed by atoms with van der Waals surface area (Å²) in [4.78, 5) is 33.0. The Morgan fingerprint density at radius 1 is 0.923 bits per heavy atom. The SMILES string of the molecule is CCC=O.CCCCCCC(NC(=O)/C=C/c1ccc2ccccc2c1)C(C)=O.CNc1cccc(CN)c1. The van der Waals surface area contributed by atoms with E-state index in [1.54, 1.807) is 6.08 Å². The molecule has 0 bridgehead atoms. The Balaban J connectivity index is 0.000000446. The summed E-state index contributed by atoms with van der Waals surface area (Å²) in [5.74, 6) is -0.201. The topological polar surface area (TPSA) is 101 Å². The van der Waals surface area contributed by atoms with Crippen LogP contribution in [0.5, 0.6) is 0 Å². The lowest BCUT2D eigenvalue weighted by Crippen LogP contribution is -2.38. The number of fused-ring (bicyclic) bond motifs is 1. The summed E-state index contributed by atoms with van der Waals surface area (Å²) in [6.45, 7) is 6.11. The maximum Gasteiger partial charge on any atom is 0.244 e. The van der Waals surface area contributed by atoms with E-state index in [0.717, 1.165) is 47.7 Å². The molecule has 0 radical (unpaired) electrons. The smallest absolute Gasteiger partial charge is 0.244 e. The van der Waals surface area contributed by atoms with E-state index in [1.165, 1.54) is 24.8 Å². The first-order chi connectivity index (χ1) is 18.9. The van der Waals surface area contributed by atoms with Crippen LogP contribution in [0.25, 0.3) is 16.8 Å². The van der Waals surface area contributed by atoms with Gasteiger partial charge < -0.3 is 21.2 Å². The van der Waals surface area contributed by atoms with Crippen molar-refractivity contribution in [1.82, 2.24) is 5.32 Å². The molecule has 0 fully saturated rings. The van der Waals surface area contributed by atoms with Gasteiger partial charge >= 0.3 is 0 Å². The summed E-state index contributed by atoms with van der Waals surface area (Å²) >= 11 is 0. The molecule has 0 aromatic heterocycles. The van der Waals surface area contributed by atoms with Gasteiger partial charge in [0.25, 0.3) is 0 Å². The van der Waals surface area contributed by atoms with Crippen LogP contribution in [0.3, 0.4) is 0 Å². The van der Waals surface area contributed by atoms with Crippen LogP contribution in [-0.2, 0) is 20.9 Å². The Labute approximate surface area is 234 Å². The Hall–Kier alpha value is -3.77. The average Bonchev–Trinajstić information content (AvgIpc) is 2.97. The molecule has 1 atom stereocenters. The lowest BCUT2D eigenvalue weighted by atomic mass is 10.0. The van der Waals surface area contributed by atoms with Gasteiger partial charge in [-0.05, 0) is 59.5 Å². The van der Waals surface area contributed by atoms with Crippen LogP contribution in [-0.4, -0.2) is 31.1 Å². The number of hydrogen-bond donors (Lipinski definition) is 3. The number of nitrogens with two attached hydrogens (primary N) is 1. The van der Waals surface area contributed by atoms with Crippen LogP contribution in [0.1, 0.15) is 70.4 Å². The standard InChI is InChI=1S/C22H27NO2.C8H12N2.C3H6O/c1-3-4-5-6-11-21(17(2)24)23-22(25)15-13-18-12-14-19-9-7-8-10-20(19)16-18;1-10-8-4-2-3-7(5-8)6-9;1-2-3-4/h7-10,12-16,21H,3-6,11H2,1-2H3,(H,23,25);2-5,10H,6,9H2,1H3;3H,2H2,1H3/b15-13+;;. The number of unbranched alkanes of at least 4 members (excludes halogenated alkanes) is 3. The maximum absolute atomic E-state index is 12.1. The van der Waals surface area contributed by atoms with Crippen molar-refractivity contribution >= 4 is 40.5 Å². The molecule has 0 saturated heterocycles. The van der Waals surface area contributed by atoms with Gasteiger partial charge in [-0.1, -0.05) is 88.1 Å². The fraction of sp³-hybridized carbons (Fsp3) is 0.364. The lowest BCUT2D eigenvalue weighted by Gasteiger charge is -2.14. The van der Waals surface area contributed by atoms with Crippen LogP contribution in [0.2, 0.25) is 0 Å². The zero-order valence-electron chi connectivity index (χ0n) is 23.9. The van der Waals surface area contributed by atoms with E-state index < -0.39 is 0 Å². The van der Waals surface area contributed by atoms with Crippen LogP contribution in [0, 0.1) is 0 Å². The van der Waals surface area contributed by atoms with Crippen molar-refractivity contribution in [1.29, 1.82) is 0 Å². The second kappa shape index (κ2) is 20.2. The molecule has 3 aromatic rings. The number of aldehydes is 1. The molecule has 0 saturated carbocycles. The third-order valence-electron chi connectivity index (χ3n) is 5.97. The minimum Gasteiger partial charge on any atom is -0.388 e. The first-order valence-electron chi connectivity index (χ1n) is 13.8. The highest BCUT2D eigenvalue weighted by Gasteiger charge is 2.15. The molecule has 3 aromatic carbocycles. The predicted molar refractivity (Wildman–Crippen MR) is 165 cm³/mol. The van der Waals surface area contributed by atoms with Gasteiger partial charge in [0, 0.05) is 31.8 Å². The van der Waals surface area contributed by atoms with Crippen molar-refractivity contribution in [2.24, 2.45) is 5.73 Å². The number of benzene rings is 3. The highest BCUT2D eigenvalue weighted by molar-refractivity contribution is 5.96. The van der Waals surface area contributed by atoms with Gasteiger partial charge in [0.15, 0.2) is 5.78 Å². The third kappa shape index (κ3) is 14.1. The van der Waals surface area contributed by atoms with Crippen molar-refractivity contribution < 1.29 is 14.4 Å². The van der Waals surface area contributed by atoms with Gasteiger partial charge in [-0.15, -0.1) is 0 Å². The minimum absolute atomic E-state index is 0.0175. The molecule has 6 heteroatoms. The number of hydrogen-bond acceptors (Lipinski definition) is 5. The van der Waals surface area contributed by atoms with Gasteiger partial charge in [0.1, 0.15) is 6.29 Å². The van der Waals surface area contributed by atoms with E-state index in [-0.39, 0.29) is 17.7 Å². The lowest BCUT2D eigenvalue weighted by molar-refractivity contribution is -0.124. The molecule has 1 unspecified atom stereocenters. The van der Waals surface area contributed by atoms with E-state index in [1.807, 2.05) is 68.6 Å². The molecule has 1 amide bonds. The Kier molecular flexibility index (Phi) is 17.2. The first kappa shape index (κ1) is 33.3. The molecule has 0 aliphatic heterocycles. The van der Waals surface area contributed by atoms with Crippen molar-refractivity contribution in [2.75, 3.05) is 12.4 Å². The highest BCUT2D eigenvalue weighted by atomic mass is 16.2. The fourth-order valence-corrected chi connectivity index (χ4v) is 3.71. The average molecular weight is 532 g/mol. The summed E-state index contributed by atoms with van der Waals surface area (Å²) in [6.07, 6.45) is 9.91. The number of amides is 1. The van der Waals surface area contributed by atoms with Crippen molar-refractivity contribution in [3.8, 4) is 0 Å². The second-order valence-electron chi connectivity index (χ2n) is 9.19. The molecule has 0 aliphatic rings. The molecule has 39 heavy (non-hydrogen) atoms. The Morgan fingerprint density at radius 3 is 2.26 bits per heavy atom. The van der Waals surface area contributed by atoms with Gasteiger partial charge in [-0.2, -0.15) is 0 Å². The van der Waals surface area contributed by atoms with Gasteiger partial charge in [-0.3, -0.25) is 9.59 Å². The van der Waals surface area contributed by atoms with Gasteiger partial charge in [0.2, 0.25) is 5.91 Å². The Bertz CT molecular complexity index is 1150. The third-order valence-corrected chi connectivity index (χ3v) is 5.97. The Morgan fingerprint density at radius 2 is 1.64 bits per heavy atom. The summed E-state index contributed by atoms with van der Waals surface area (Å²) in [5.41, 5.74) is 8.69. The van der Waals surface area contributed by atoms with Crippen LogP contribution in [0.4, 0.5) is 5.69 Å². The molecule has 210 valence electrons. The maximum atomic E-state index is 12.1. The summed E-state index contributed by atoms with van der Waals surface area (Å²) < 4.78 is 0. The molecular formula is C33H45N3O3. The van der Waals surface area contributed by atoms with E-state index in [4.69, 9.17) is 5.73 Å². The van der Waals surface area contributed by atoms with Crippen molar-refractivity contribution in [3.05, 3.63) is 83.9 Å². The number of carbonyl (C=O) groups excluding carboxylic acids is 3. The van der Waals surface area contributed by atoms with Crippen molar-refractivity contribution in [3.63, 3.8) is 0 Å². The molecule has 0 spiro atoms. The second-order valence-corrected chi connectivity index (χ2v) is 9.19. The minimum atomic E-state index is -0.384. The number of nitrogens with one attached hydrogen (secondary N) is 2. The van der Waals surface area contributed by atoms with Crippen molar-refractivity contribution in [2.45, 2.75) is 71.9 Å². The first-order valence-corrected chi connectivity index (χ1v) is 13.8. The molecule has 0 aliphatic carbocycles. The zero-order valence-corrected chi connectivity index (χ0v) is 23.9. The van der Waals surface area contributed by atoms with Crippen LogP contribution < -0.4 is 16.4 Å². The van der Waals surface area contributed by atoms with E-state index in [0.29, 0.717) is 19.4 Å². The van der Waals surface area contributed by atoms with E-state index >= 15 is 0 Å². The molecule has 4 N–H and O–H groups in total. The summed E-state index contributed by atoms with van der Waals surface area (Å²) in [7, 11) is 1.90. The monoisotopic (exact) mass is 531 g/mol. The molecular weight excluding hydrogens is 486 g/mol. The van der Waals surface area contributed by atoms with Crippen LogP contribution >= 0.6 is 0 Å². The van der Waals surface area contributed by atoms with Gasteiger partial charge in [0.05, 0.1) is 6.04 Å². The molecule has 3 rings (SSSR count). The number of anilines is 1.